The second kappa shape index (κ2) is 7.23. The van der Waals surface area contributed by atoms with Crippen LogP contribution in [0.2, 0.25) is 0 Å². The van der Waals surface area contributed by atoms with E-state index in [0.29, 0.717) is 22.5 Å². The fraction of sp³-hybridized carbons (Fsp3) is 0.150. The van der Waals surface area contributed by atoms with Gasteiger partial charge in [0.2, 0.25) is 0 Å². The van der Waals surface area contributed by atoms with Gasteiger partial charge in [0.05, 0.1) is 24.0 Å². The maximum Gasteiger partial charge on any atom is 0.307 e. The normalized spacial score (nSPS) is 10.7. The molecule has 1 heterocycles. The Kier molecular flexibility index (Phi) is 4.84. The van der Waals surface area contributed by atoms with Crippen LogP contribution in [-0.2, 0) is 22.4 Å². The van der Waals surface area contributed by atoms with E-state index >= 15 is 0 Å². The molecular weight excluding hydrogens is 332 g/mol. The molecule has 0 atom stereocenters. The number of hydrogen-bond acceptors (Lipinski definition) is 4. The first-order valence-electron chi connectivity index (χ1n) is 8.12. The zero-order valence-corrected chi connectivity index (χ0v) is 14.2. The quantitative estimate of drug-likeness (QED) is 0.629. The highest BCUT2D eigenvalue weighted by molar-refractivity contribution is 5.96. The Morgan fingerprint density at radius 3 is 2.27 bits per heavy atom. The van der Waals surface area contributed by atoms with Gasteiger partial charge in [0.1, 0.15) is 0 Å². The maximum absolute atomic E-state index is 11.3. The Morgan fingerprint density at radius 1 is 0.962 bits per heavy atom. The number of hydrogen-bond donors (Lipinski definition) is 3. The van der Waals surface area contributed by atoms with E-state index < -0.39 is 11.9 Å². The first-order chi connectivity index (χ1) is 12.4. The third-order valence-corrected chi connectivity index (χ3v) is 4.11. The molecule has 0 saturated heterocycles. The summed E-state index contributed by atoms with van der Waals surface area (Å²) >= 11 is 0. The monoisotopic (exact) mass is 350 g/mol. The SMILES string of the molecule is Cc1nc2ccccc2c(Nc2ccc(CC(=O)O)cc2)c1CC(=O)O. The highest BCUT2D eigenvalue weighted by atomic mass is 16.4. The number of anilines is 2. The average Bonchev–Trinajstić information content (AvgIpc) is 2.58. The van der Waals surface area contributed by atoms with Crippen LogP contribution in [-0.4, -0.2) is 27.1 Å². The smallest absolute Gasteiger partial charge is 0.307 e. The van der Waals surface area contributed by atoms with Crippen LogP contribution >= 0.6 is 0 Å². The Bertz CT molecular complexity index is 981. The van der Waals surface area contributed by atoms with E-state index in [2.05, 4.69) is 10.3 Å². The molecule has 3 N–H and O–H groups in total. The summed E-state index contributed by atoms with van der Waals surface area (Å²) in [4.78, 5) is 26.6. The molecule has 0 fully saturated rings. The van der Waals surface area contributed by atoms with E-state index in [1.807, 2.05) is 24.3 Å². The van der Waals surface area contributed by atoms with Crippen LogP contribution in [0.25, 0.3) is 10.9 Å². The van der Waals surface area contributed by atoms with E-state index in [1.165, 1.54) is 0 Å². The summed E-state index contributed by atoms with van der Waals surface area (Å²) in [6, 6.07) is 14.6. The number of aromatic nitrogens is 1. The van der Waals surface area contributed by atoms with E-state index in [-0.39, 0.29) is 12.8 Å². The molecule has 3 aromatic rings. The Balaban J connectivity index is 2.04. The molecule has 0 saturated carbocycles. The highest BCUT2D eigenvalue weighted by Crippen LogP contribution is 2.31. The zero-order chi connectivity index (χ0) is 18.7. The number of aliphatic carboxylic acids is 2. The molecule has 0 bridgehead atoms. The fourth-order valence-electron chi connectivity index (χ4n) is 2.91. The topological polar surface area (TPSA) is 99.5 Å². The molecule has 0 aliphatic heterocycles. The van der Waals surface area contributed by atoms with Crippen LogP contribution in [0, 0.1) is 6.92 Å². The summed E-state index contributed by atoms with van der Waals surface area (Å²) in [5.41, 5.74) is 4.23. The summed E-state index contributed by atoms with van der Waals surface area (Å²) in [6.45, 7) is 1.80. The van der Waals surface area contributed by atoms with Crippen molar-refractivity contribution in [3.8, 4) is 0 Å². The predicted octanol–water partition coefficient (Wildman–Crippen LogP) is 3.54. The summed E-state index contributed by atoms with van der Waals surface area (Å²) in [6.07, 6.45) is -0.176. The van der Waals surface area contributed by atoms with E-state index in [4.69, 9.17) is 5.11 Å². The van der Waals surface area contributed by atoms with E-state index in [9.17, 15) is 14.7 Å². The van der Waals surface area contributed by atoms with Gasteiger partial charge >= 0.3 is 11.9 Å². The number of nitrogens with one attached hydrogen (secondary N) is 1. The van der Waals surface area contributed by atoms with Crippen molar-refractivity contribution in [3.05, 3.63) is 65.4 Å². The lowest BCUT2D eigenvalue weighted by molar-refractivity contribution is -0.137. The number of para-hydroxylation sites is 1. The average molecular weight is 350 g/mol. The van der Waals surface area contributed by atoms with Crippen LogP contribution in [0.1, 0.15) is 16.8 Å². The van der Waals surface area contributed by atoms with Crippen molar-refractivity contribution in [1.29, 1.82) is 0 Å². The van der Waals surface area contributed by atoms with Crippen LogP contribution in [0.4, 0.5) is 11.4 Å². The van der Waals surface area contributed by atoms with Crippen molar-refractivity contribution in [2.45, 2.75) is 19.8 Å². The molecule has 6 nitrogen and oxygen atoms in total. The van der Waals surface area contributed by atoms with Crippen LogP contribution in [0.15, 0.2) is 48.5 Å². The molecule has 3 rings (SSSR count). The number of nitrogens with zero attached hydrogens (tertiary/aromatic N) is 1. The van der Waals surface area contributed by atoms with Crippen molar-refractivity contribution in [1.82, 2.24) is 4.98 Å². The van der Waals surface area contributed by atoms with E-state index in [0.717, 1.165) is 16.6 Å². The van der Waals surface area contributed by atoms with Gasteiger partial charge in [-0.1, -0.05) is 30.3 Å². The van der Waals surface area contributed by atoms with Crippen molar-refractivity contribution >= 4 is 34.2 Å². The molecule has 0 aliphatic rings. The highest BCUT2D eigenvalue weighted by Gasteiger charge is 2.15. The third kappa shape index (κ3) is 3.80. The molecule has 6 heteroatoms. The van der Waals surface area contributed by atoms with Gasteiger partial charge < -0.3 is 15.5 Å². The number of fused-ring (bicyclic) bond motifs is 1. The second-order valence-electron chi connectivity index (χ2n) is 6.03. The standard InChI is InChI=1S/C20H18N2O4/c1-12-16(11-19(25)26)20(15-4-2-3-5-17(15)21-12)22-14-8-6-13(7-9-14)10-18(23)24/h2-9H,10-11H2,1H3,(H,21,22)(H,23,24)(H,25,26). The van der Waals surface area contributed by atoms with Crippen molar-refractivity contribution in [3.63, 3.8) is 0 Å². The van der Waals surface area contributed by atoms with Gasteiger partial charge in [0, 0.05) is 22.3 Å². The molecule has 26 heavy (non-hydrogen) atoms. The van der Waals surface area contributed by atoms with Gasteiger partial charge in [-0.05, 0) is 30.7 Å². The largest absolute Gasteiger partial charge is 0.481 e. The van der Waals surface area contributed by atoms with Gasteiger partial charge in [-0.3, -0.25) is 14.6 Å². The number of carboxylic acids is 2. The minimum Gasteiger partial charge on any atom is -0.481 e. The van der Waals surface area contributed by atoms with Gasteiger partial charge in [-0.15, -0.1) is 0 Å². The summed E-state index contributed by atoms with van der Waals surface area (Å²) < 4.78 is 0. The molecule has 0 aliphatic carbocycles. The Morgan fingerprint density at radius 2 is 1.62 bits per heavy atom. The van der Waals surface area contributed by atoms with Crippen molar-refractivity contribution in [2.24, 2.45) is 0 Å². The van der Waals surface area contributed by atoms with Crippen molar-refractivity contribution < 1.29 is 19.8 Å². The van der Waals surface area contributed by atoms with Gasteiger partial charge in [-0.2, -0.15) is 0 Å². The first kappa shape index (κ1) is 17.4. The lowest BCUT2D eigenvalue weighted by atomic mass is 10.0. The Labute approximate surface area is 150 Å². The minimum atomic E-state index is -0.926. The number of aryl methyl sites for hydroxylation is 1. The third-order valence-electron chi connectivity index (χ3n) is 4.11. The molecule has 0 radical (unpaired) electrons. The van der Waals surface area contributed by atoms with Crippen molar-refractivity contribution in [2.75, 3.05) is 5.32 Å². The predicted molar refractivity (Wildman–Crippen MR) is 98.9 cm³/mol. The van der Waals surface area contributed by atoms with Gasteiger partial charge in [-0.25, -0.2) is 0 Å². The lowest BCUT2D eigenvalue weighted by Gasteiger charge is -2.16. The number of rotatable bonds is 6. The molecule has 1 aromatic heterocycles. The molecular formula is C20H18N2O4. The number of pyridine rings is 1. The first-order valence-corrected chi connectivity index (χ1v) is 8.12. The maximum atomic E-state index is 11.3. The summed E-state index contributed by atoms with van der Waals surface area (Å²) in [7, 11) is 0. The van der Waals surface area contributed by atoms with Crippen LogP contribution < -0.4 is 5.32 Å². The number of carboxylic acid groups (broad SMARTS) is 2. The van der Waals surface area contributed by atoms with Gasteiger partial charge in [0.25, 0.3) is 0 Å². The van der Waals surface area contributed by atoms with Gasteiger partial charge in [0.15, 0.2) is 0 Å². The summed E-state index contributed by atoms with van der Waals surface area (Å²) in [5, 5.41) is 22.3. The van der Waals surface area contributed by atoms with E-state index in [1.54, 1.807) is 31.2 Å². The minimum absolute atomic E-state index is 0.0398. The lowest BCUT2D eigenvalue weighted by Crippen LogP contribution is -2.08. The van der Waals surface area contributed by atoms with Crippen LogP contribution in [0.3, 0.4) is 0 Å². The molecule has 0 unspecified atom stereocenters. The molecule has 132 valence electrons. The second-order valence-corrected chi connectivity index (χ2v) is 6.03. The molecule has 0 spiro atoms. The molecule has 2 aromatic carbocycles. The Hall–Kier alpha value is -3.41. The number of benzene rings is 2. The molecule has 0 amide bonds. The number of carbonyl (C=O) groups is 2. The summed E-state index contributed by atoms with van der Waals surface area (Å²) in [5.74, 6) is -1.81. The zero-order valence-electron chi connectivity index (χ0n) is 14.2. The van der Waals surface area contributed by atoms with Crippen LogP contribution in [0.5, 0.6) is 0 Å². The fourth-order valence-corrected chi connectivity index (χ4v) is 2.91.